The summed E-state index contributed by atoms with van der Waals surface area (Å²) in [5, 5.41) is 3.78. The molecule has 1 aromatic heterocycles. The van der Waals surface area contributed by atoms with Gasteiger partial charge in [-0.1, -0.05) is 72.0 Å². The molecule has 26 heavy (non-hydrogen) atoms. The number of benzene rings is 2. The van der Waals surface area contributed by atoms with Crippen LogP contribution in [0.4, 0.5) is 5.13 Å². The minimum absolute atomic E-state index is 0.0331. The fraction of sp³-hybridized carbons (Fsp3) is 0.238. The lowest BCUT2D eigenvalue weighted by Gasteiger charge is -2.17. The molecule has 0 saturated heterocycles. The Bertz CT molecular complexity index is 853. The fourth-order valence-corrected chi connectivity index (χ4v) is 4.55. The van der Waals surface area contributed by atoms with Crippen molar-refractivity contribution in [2.75, 3.05) is 18.9 Å². The third kappa shape index (κ3) is 3.54. The number of amides is 1. The van der Waals surface area contributed by atoms with Gasteiger partial charge in [0.2, 0.25) is 5.91 Å². The van der Waals surface area contributed by atoms with Gasteiger partial charge in [0.25, 0.3) is 0 Å². The molecule has 0 radical (unpaired) electrons. The van der Waals surface area contributed by atoms with Crippen LogP contribution in [0.5, 0.6) is 0 Å². The number of nitrogens with zero attached hydrogens (tertiary/aromatic N) is 1. The molecule has 132 valence electrons. The van der Waals surface area contributed by atoms with Gasteiger partial charge in [-0.2, -0.15) is 0 Å². The van der Waals surface area contributed by atoms with Crippen LogP contribution in [0.1, 0.15) is 27.6 Å². The van der Waals surface area contributed by atoms with E-state index in [4.69, 9.17) is 0 Å². The maximum Gasteiger partial charge on any atom is 0.238 e. The molecular weight excluding hydrogens is 342 g/mol. The first-order valence-electron chi connectivity index (χ1n) is 8.91. The number of hydrogen-bond donors (Lipinski definition) is 2. The van der Waals surface area contributed by atoms with Crippen LogP contribution in [0.2, 0.25) is 0 Å². The molecule has 4 rings (SSSR count). The van der Waals surface area contributed by atoms with Gasteiger partial charge in [-0.15, -0.1) is 0 Å². The quantitative estimate of drug-likeness (QED) is 0.747. The number of likely N-dealkylation sites (N-methyl/N-ethyl adjacent to an activating group) is 1. The molecule has 1 aliphatic rings. The number of hydrogen-bond acceptors (Lipinski definition) is 3. The summed E-state index contributed by atoms with van der Waals surface area (Å²) in [4.78, 5) is 20.6. The van der Waals surface area contributed by atoms with E-state index in [1.165, 1.54) is 9.78 Å². The largest absolute Gasteiger partial charge is 0.333 e. The zero-order valence-corrected chi connectivity index (χ0v) is 15.6. The summed E-state index contributed by atoms with van der Waals surface area (Å²) < 4.78 is 0. The zero-order chi connectivity index (χ0) is 17.9. The minimum Gasteiger partial charge on any atom is -0.333 e. The second kappa shape index (κ2) is 7.40. The van der Waals surface area contributed by atoms with Crippen molar-refractivity contribution in [3.8, 4) is 0 Å². The molecular formula is C21H22N3OS+. The summed E-state index contributed by atoms with van der Waals surface area (Å²) in [6.45, 7) is 2.09. The standard InChI is InChI=1S/C21H21N3OS/c1-24-13-12-17-18(14-24)26-21(22-17)23-20(25)19(15-8-4-2-5-9-15)16-10-6-3-7-11-16/h2-11,19H,12-14H2,1H3,(H,22,23,25)/p+1. The van der Waals surface area contributed by atoms with Gasteiger partial charge < -0.3 is 10.2 Å². The first kappa shape index (κ1) is 16.9. The molecule has 1 amide bonds. The van der Waals surface area contributed by atoms with E-state index < -0.39 is 0 Å². The molecule has 0 bridgehead atoms. The molecule has 0 saturated carbocycles. The molecule has 0 aliphatic carbocycles. The number of thiazole rings is 1. The van der Waals surface area contributed by atoms with Gasteiger partial charge in [0, 0.05) is 6.42 Å². The molecule has 1 aliphatic heterocycles. The molecule has 1 unspecified atom stereocenters. The van der Waals surface area contributed by atoms with Gasteiger partial charge >= 0.3 is 0 Å². The van der Waals surface area contributed by atoms with Crippen LogP contribution >= 0.6 is 11.3 Å². The molecule has 1 atom stereocenters. The molecule has 3 aromatic rings. The number of aromatic nitrogens is 1. The monoisotopic (exact) mass is 364 g/mol. The van der Waals surface area contributed by atoms with E-state index in [9.17, 15) is 4.79 Å². The van der Waals surface area contributed by atoms with Crippen LogP contribution < -0.4 is 10.2 Å². The summed E-state index contributed by atoms with van der Waals surface area (Å²) in [6.07, 6.45) is 0.980. The Kier molecular flexibility index (Phi) is 4.82. The van der Waals surface area contributed by atoms with Crippen molar-refractivity contribution in [3.63, 3.8) is 0 Å². The fourth-order valence-electron chi connectivity index (χ4n) is 3.43. The van der Waals surface area contributed by atoms with Crippen molar-refractivity contribution in [1.82, 2.24) is 4.98 Å². The highest BCUT2D eigenvalue weighted by molar-refractivity contribution is 7.15. The number of anilines is 1. The highest BCUT2D eigenvalue weighted by atomic mass is 32.1. The van der Waals surface area contributed by atoms with Gasteiger partial charge in [0.05, 0.1) is 30.1 Å². The summed E-state index contributed by atoms with van der Waals surface area (Å²) in [6, 6.07) is 19.8. The molecule has 2 aromatic carbocycles. The van der Waals surface area contributed by atoms with Gasteiger partial charge in [0.1, 0.15) is 6.54 Å². The van der Waals surface area contributed by atoms with E-state index in [2.05, 4.69) is 17.3 Å². The SMILES string of the molecule is C[NH+]1CCc2nc(NC(=O)C(c3ccccc3)c3ccccc3)sc2C1. The maximum atomic E-state index is 13.1. The maximum absolute atomic E-state index is 13.1. The van der Waals surface area contributed by atoms with Gasteiger partial charge in [-0.25, -0.2) is 4.98 Å². The van der Waals surface area contributed by atoms with Crippen LogP contribution in [0.15, 0.2) is 60.7 Å². The van der Waals surface area contributed by atoms with Crippen molar-refractivity contribution in [1.29, 1.82) is 0 Å². The second-order valence-electron chi connectivity index (χ2n) is 6.77. The number of nitrogens with one attached hydrogen (secondary N) is 2. The molecule has 0 spiro atoms. The lowest BCUT2D eigenvalue weighted by Crippen LogP contribution is -3.08. The lowest BCUT2D eigenvalue weighted by molar-refractivity contribution is -0.895. The number of quaternary nitrogens is 1. The van der Waals surface area contributed by atoms with Crippen LogP contribution in [0.25, 0.3) is 0 Å². The van der Waals surface area contributed by atoms with Crippen molar-refractivity contribution in [2.24, 2.45) is 0 Å². The van der Waals surface area contributed by atoms with E-state index in [0.717, 1.165) is 36.3 Å². The first-order valence-corrected chi connectivity index (χ1v) is 9.73. The highest BCUT2D eigenvalue weighted by Crippen LogP contribution is 2.29. The van der Waals surface area contributed by atoms with E-state index >= 15 is 0 Å². The molecule has 0 fully saturated rings. The number of fused-ring (bicyclic) bond motifs is 1. The van der Waals surface area contributed by atoms with E-state index in [1.807, 2.05) is 60.7 Å². The average molecular weight is 364 g/mol. The van der Waals surface area contributed by atoms with Gasteiger partial charge in [0.15, 0.2) is 5.13 Å². The predicted octanol–water partition coefficient (Wildman–Crippen LogP) is 2.48. The average Bonchev–Trinajstić information content (AvgIpc) is 3.05. The Hall–Kier alpha value is -2.50. The summed E-state index contributed by atoms with van der Waals surface area (Å²) in [5.41, 5.74) is 3.12. The third-order valence-electron chi connectivity index (χ3n) is 4.79. The van der Waals surface area contributed by atoms with Crippen molar-refractivity contribution in [2.45, 2.75) is 18.9 Å². The summed E-state index contributed by atoms with van der Waals surface area (Å²) in [7, 11) is 2.20. The Morgan fingerprint density at radius 2 is 1.69 bits per heavy atom. The first-order chi connectivity index (χ1) is 12.7. The Morgan fingerprint density at radius 1 is 1.08 bits per heavy atom. The van der Waals surface area contributed by atoms with Gasteiger partial charge in [-0.05, 0) is 11.1 Å². The number of rotatable bonds is 4. The second-order valence-corrected chi connectivity index (χ2v) is 7.85. The smallest absolute Gasteiger partial charge is 0.238 e. The lowest BCUT2D eigenvalue weighted by atomic mass is 9.90. The van der Waals surface area contributed by atoms with E-state index in [1.54, 1.807) is 11.3 Å². The van der Waals surface area contributed by atoms with E-state index in [-0.39, 0.29) is 11.8 Å². The van der Waals surface area contributed by atoms with E-state index in [0.29, 0.717) is 5.13 Å². The molecule has 4 nitrogen and oxygen atoms in total. The topological polar surface area (TPSA) is 46.4 Å². The van der Waals surface area contributed by atoms with Crippen molar-refractivity contribution >= 4 is 22.4 Å². The zero-order valence-electron chi connectivity index (χ0n) is 14.7. The highest BCUT2D eigenvalue weighted by Gasteiger charge is 2.26. The van der Waals surface area contributed by atoms with Crippen molar-refractivity contribution < 1.29 is 9.69 Å². The Morgan fingerprint density at radius 3 is 2.31 bits per heavy atom. The van der Waals surface area contributed by atoms with Crippen LogP contribution in [-0.2, 0) is 17.8 Å². The predicted molar refractivity (Wildman–Crippen MR) is 105 cm³/mol. The Balaban J connectivity index is 1.61. The molecule has 5 heteroatoms. The molecule has 2 N–H and O–H groups in total. The number of carbonyl (C=O) groups is 1. The third-order valence-corrected chi connectivity index (χ3v) is 5.80. The summed E-state index contributed by atoms with van der Waals surface area (Å²) in [5.74, 6) is -0.374. The molecule has 2 heterocycles. The number of carbonyl (C=O) groups excluding carboxylic acids is 1. The Labute approximate surface area is 157 Å². The normalized spacial score (nSPS) is 16.3. The van der Waals surface area contributed by atoms with Crippen molar-refractivity contribution in [3.05, 3.63) is 82.4 Å². The van der Waals surface area contributed by atoms with Crippen LogP contribution in [0, 0.1) is 0 Å². The van der Waals surface area contributed by atoms with Crippen LogP contribution in [0.3, 0.4) is 0 Å². The van der Waals surface area contributed by atoms with Gasteiger partial charge in [-0.3, -0.25) is 4.79 Å². The van der Waals surface area contributed by atoms with Crippen LogP contribution in [-0.4, -0.2) is 24.5 Å². The summed E-state index contributed by atoms with van der Waals surface area (Å²) >= 11 is 1.61. The minimum atomic E-state index is -0.341.